The first-order chi connectivity index (χ1) is 8.55. The predicted octanol–water partition coefficient (Wildman–Crippen LogP) is 1.11. The highest BCUT2D eigenvalue weighted by Crippen LogP contribution is 2.29. The van der Waals surface area contributed by atoms with Crippen molar-refractivity contribution in [2.75, 3.05) is 7.11 Å². The summed E-state index contributed by atoms with van der Waals surface area (Å²) in [5, 5.41) is 2.83. The van der Waals surface area contributed by atoms with Crippen molar-refractivity contribution >= 4 is 11.9 Å². The number of carbonyl (C=O) groups is 2. The fourth-order valence-electron chi connectivity index (χ4n) is 2.50. The summed E-state index contributed by atoms with van der Waals surface area (Å²) in [5.41, 5.74) is 4.93. The molecule has 0 aromatic heterocycles. The first-order valence-corrected chi connectivity index (χ1v) is 6.72. The highest BCUT2D eigenvalue weighted by molar-refractivity contribution is 5.90. The second kappa shape index (κ2) is 6.73. The van der Waals surface area contributed by atoms with Gasteiger partial charge in [-0.05, 0) is 19.3 Å². The number of esters is 1. The van der Waals surface area contributed by atoms with Crippen LogP contribution in [0.1, 0.15) is 51.9 Å². The topological polar surface area (TPSA) is 81.4 Å². The van der Waals surface area contributed by atoms with Crippen LogP contribution in [-0.4, -0.2) is 30.6 Å². The lowest BCUT2D eigenvalue weighted by Crippen LogP contribution is -2.59. The Morgan fingerprint density at radius 2 is 1.94 bits per heavy atom. The third kappa shape index (κ3) is 3.45. The standard InChI is InChI=1S/C13H24N2O3/c1-3-7-10(14)11(16)15-13(12(17)18-2)8-5-4-6-9-13/h10H,3-9,14H2,1-2H3,(H,15,16). The summed E-state index contributed by atoms with van der Waals surface area (Å²) >= 11 is 0. The molecule has 3 N–H and O–H groups in total. The SMILES string of the molecule is CCCC(N)C(=O)NC1(C(=O)OC)CCCCC1. The van der Waals surface area contributed by atoms with Crippen molar-refractivity contribution in [1.29, 1.82) is 0 Å². The molecule has 0 heterocycles. The van der Waals surface area contributed by atoms with Gasteiger partial charge in [-0.25, -0.2) is 4.79 Å². The molecular formula is C13H24N2O3. The lowest BCUT2D eigenvalue weighted by atomic mass is 9.81. The number of rotatable bonds is 5. The maximum Gasteiger partial charge on any atom is 0.331 e. The van der Waals surface area contributed by atoms with Crippen LogP contribution in [0.4, 0.5) is 0 Å². The van der Waals surface area contributed by atoms with Crippen LogP contribution in [0.15, 0.2) is 0 Å². The molecule has 0 spiro atoms. The number of nitrogens with two attached hydrogens (primary N) is 1. The van der Waals surface area contributed by atoms with Gasteiger partial charge in [0.25, 0.3) is 0 Å². The van der Waals surface area contributed by atoms with Crippen molar-refractivity contribution in [2.45, 2.75) is 63.5 Å². The molecule has 1 aliphatic rings. The molecule has 1 aliphatic carbocycles. The third-order valence-electron chi connectivity index (χ3n) is 3.58. The van der Waals surface area contributed by atoms with Gasteiger partial charge in [0.15, 0.2) is 0 Å². The number of hydrogen-bond donors (Lipinski definition) is 2. The van der Waals surface area contributed by atoms with E-state index in [9.17, 15) is 9.59 Å². The van der Waals surface area contributed by atoms with Crippen molar-refractivity contribution < 1.29 is 14.3 Å². The maximum atomic E-state index is 12.0. The summed E-state index contributed by atoms with van der Waals surface area (Å²) in [7, 11) is 1.36. The zero-order valence-corrected chi connectivity index (χ0v) is 11.3. The fourth-order valence-corrected chi connectivity index (χ4v) is 2.50. The largest absolute Gasteiger partial charge is 0.467 e. The van der Waals surface area contributed by atoms with E-state index in [0.717, 1.165) is 25.7 Å². The number of hydrogen-bond acceptors (Lipinski definition) is 4. The Bertz CT molecular complexity index is 299. The minimum Gasteiger partial charge on any atom is -0.467 e. The van der Waals surface area contributed by atoms with Gasteiger partial charge in [0.1, 0.15) is 5.54 Å². The van der Waals surface area contributed by atoms with Crippen LogP contribution < -0.4 is 11.1 Å². The number of nitrogens with one attached hydrogen (secondary N) is 1. The van der Waals surface area contributed by atoms with Gasteiger partial charge in [-0.3, -0.25) is 4.79 Å². The van der Waals surface area contributed by atoms with Gasteiger partial charge in [-0.1, -0.05) is 32.6 Å². The number of amides is 1. The van der Waals surface area contributed by atoms with Crippen LogP contribution in [0.3, 0.4) is 0 Å². The summed E-state index contributed by atoms with van der Waals surface area (Å²) in [6.45, 7) is 1.98. The van der Waals surface area contributed by atoms with Gasteiger partial charge in [0.05, 0.1) is 13.2 Å². The van der Waals surface area contributed by atoms with Gasteiger partial charge >= 0.3 is 5.97 Å². The molecule has 104 valence electrons. The first-order valence-electron chi connectivity index (χ1n) is 6.72. The number of carbonyl (C=O) groups excluding carboxylic acids is 2. The van der Waals surface area contributed by atoms with E-state index in [1.807, 2.05) is 6.92 Å². The second-order valence-electron chi connectivity index (χ2n) is 5.02. The van der Waals surface area contributed by atoms with E-state index < -0.39 is 11.6 Å². The Hall–Kier alpha value is -1.10. The van der Waals surface area contributed by atoms with E-state index in [4.69, 9.17) is 10.5 Å². The lowest BCUT2D eigenvalue weighted by Gasteiger charge is -2.35. The quantitative estimate of drug-likeness (QED) is 0.722. The van der Waals surface area contributed by atoms with Crippen molar-refractivity contribution in [3.8, 4) is 0 Å². The fraction of sp³-hybridized carbons (Fsp3) is 0.846. The zero-order valence-electron chi connectivity index (χ0n) is 11.3. The van der Waals surface area contributed by atoms with E-state index in [-0.39, 0.29) is 11.9 Å². The predicted molar refractivity (Wildman–Crippen MR) is 68.9 cm³/mol. The maximum absolute atomic E-state index is 12.0. The van der Waals surface area contributed by atoms with Gasteiger partial charge in [-0.2, -0.15) is 0 Å². The summed E-state index contributed by atoms with van der Waals surface area (Å²) in [6, 6.07) is -0.543. The molecule has 5 nitrogen and oxygen atoms in total. The molecular weight excluding hydrogens is 232 g/mol. The molecule has 1 fully saturated rings. The van der Waals surface area contributed by atoms with Crippen LogP contribution >= 0.6 is 0 Å². The molecule has 0 bridgehead atoms. The van der Waals surface area contributed by atoms with Crippen molar-refractivity contribution in [1.82, 2.24) is 5.32 Å². The molecule has 1 unspecified atom stereocenters. The number of methoxy groups -OCH3 is 1. The highest BCUT2D eigenvalue weighted by Gasteiger charge is 2.42. The lowest BCUT2D eigenvalue weighted by molar-refractivity contribution is -0.152. The normalized spacial score (nSPS) is 19.9. The van der Waals surface area contributed by atoms with Crippen molar-refractivity contribution in [3.05, 3.63) is 0 Å². The monoisotopic (exact) mass is 256 g/mol. The summed E-state index contributed by atoms with van der Waals surface area (Å²) in [6.07, 6.45) is 5.71. The van der Waals surface area contributed by atoms with Gasteiger partial charge < -0.3 is 15.8 Å². The minimum absolute atomic E-state index is 0.246. The second-order valence-corrected chi connectivity index (χ2v) is 5.02. The Morgan fingerprint density at radius 3 is 2.44 bits per heavy atom. The average Bonchev–Trinajstić information content (AvgIpc) is 2.39. The molecule has 0 aromatic carbocycles. The molecule has 0 aromatic rings. The third-order valence-corrected chi connectivity index (χ3v) is 3.58. The Morgan fingerprint density at radius 1 is 1.33 bits per heavy atom. The summed E-state index contributed by atoms with van der Waals surface area (Å²) in [5.74, 6) is -0.594. The Balaban J connectivity index is 2.72. The Labute approximate surface area is 108 Å². The Kier molecular flexibility index (Phi) is 5.59. The van der Waals surface area contributed by atoms with E-state index in [2.05, 4.69) is 5.32 Å². The van der Waals surface area contributed by atoms with Crippen molar-refractivity contribution in [3.63, 3.8) is 0 Å². The van der Waals surface area contributed by atoms with Gasteiger partial charge in [-0.15, -0.1) is 0 Å². The molecule has 1 amide bonds. The summed E-state index contributed by atoms with van der Waals surface area (Å²) in [4.78, 5) is 23.9. The van der Waals surface area contributed by atoms with Crippen LogP contribution in [-0.2, 0) is 14.3 Å². The highest BCUT2D eigenvalue weighted by atomic mass is 16.5. The summed E-state index contributed by atoms with van der Waals surface area (Å²) < 4.78 is 4.84. The molecule has 0 saturated heterocycles. The smallest absolute Gasteiger partial charge is 0.331 e. The van der Waals surface area contributed by atoms with Crippen LogP contribution in [0.5, 0.6) is 0 Å². The zero-order chi connectivity index (χ0) is 13.6. The van der Waals surface area contributed by atoms with E-state index in [1.165, 1.54) is 7.11 Å². The van der Waals surface area contributed by atoms with Gasteiger partial charge in [0.2, 0.25) is 5.91 Å². The molecule has 18 heavy (non-hydrogen) atoms. The minimum atomic E-state index is -0.852. The molecule has 1 rings (SSSR count). The van der Waals surface area contributed by atoms with E-state index in [0.29, 0.717) is 19.3 Å². The van der Waals surface area contributed by atoms with E-state index >= 15 is 0 Å². The molecule has 0 aliphatic heterocycles. The van der Waals surface area contributed by atoms with Crippen molar-refractivity contribution in [2.24, 2.45) is 5.73 Å². The number of ether oxygens (including phenoxy) is 1. The van der Waals surface area contributed by atoms with Gasteiger partial charge in [0, 0.05) is 0 Å². The average molecular weight is 256 g/mol. The van der Waals surface area contributed by atoms with Crippen LogP contribution in [0, 0.1) is 0 Å². The molecule has 5 heteroatoms. The molecule has 1 saturated carbocycles. The van der Waals surface area contributed by atoms with Crippen LogP contribution in [0.25, 0.3) is 0 Å². The molecule has 1 atom stereocenters. The first kappa shape index (κ1) is 15.0. The van der Waals surface area contributed by atoms with Crippen LogP contribution in [0.2, 0.25) is 0 Å². The van der Waals surface area contributed by atoms with E-state index in [1.54, 1.807) is 0 Å². The molecule has 0 radical (unpaired) electrons.